The Morgan fingerprint density at radius 1 is 1.16 bits per heavy atom. The number of nitrogens with one attached hydrogen (secondary N) is 1. The highest BCUT2D eigenvalue weighted by Gasteiger charge is 2.23. The van der Waals surface area contributed by atoms with Crippen LogP contribution in [0.3, 0.4) is 0 Å². The number of pyridine rings is 1. The Morgan fingerprint density at radius 3 is 2.55 bits per heavy atom. The van der Waals surface area contributed by atoms with E-state index in [1.165, 1.54) is 0 Å². The number of benzene rings is 1. The maximum absolute atomic E-state index is 12.3. The fraction of sp³-hybridized carbons (Fsp3) is 0.400. The summed E-state index contributed by atoms with van der Waals surface area (Å²) in [4.78, 5) is 30.6. The Morgan fingerprint density at radius 2 is 1.90 bits per heavy atom. The van der Waals surface area contributed by atoms with E-state index in [0.717, 1.165) is 29.8 Å². The van der Waals surface area contributed by atoms with Gasteiger partial charge in [0.15, 0.2) is 0 Å². The summed E-state index contributed by atoms with van der Waals surface area (Å²) in [6, 6.07) is 13.4. The number of rotatable bonds is 8. The van der Waals surface area contributed by atoms with Crippen molar-refractivity contribution in [3.8, 4) is 5.75 Å². The molecule has 6 nitrogen and oxygen atoms in total. The van der Waals surface area contributed by atoms with Crippen molar-refractivity contribution in [2.24, 2.45) is 5.92 Å². The number of hydrogen-bond acceptors (Lipinski definition) is 4. The summed E-state index contributed by atoms with van der Waals surface area (Å²) in [5.41, 5.74) is 1.80. The summed E-state index contributed by atoms with van der Waals surface area (Å²) in [5, 5.41) is 3.04. The molecule has 0 unspecified atom stereocenters. The first kappa shape index (κ1) is 22.5. The third-order valence-corrected chi connectivity index (χ3v) is 5.20. The fourth-order valence-electron chi connectivity index (χ4n) is 3.49. The maximum Gasteiger partial charge on any atom is 0.244 e. The molecule has 164 valence electrons. The topological polar surface area (TPSA) is 71.5 Å². The maximum atomic E-state index is 12.3. The van der Waals surface area contributed by atoms with Crippen molar-refractivity contribution >= 4 is 17.9 Å². The van der Waals surface area contributed by atoms with Crippen LogP contribution in [0.15, 0.2) is 54.7 Å². The Labute approximate surface area is 184 Å². The van der Waals surface area contributed by atoms with Crippen LogP contribution in [0.25, 0.3) is 6.08 Å². The zero-order chi connectivity index (χ0) is 22.1. The van der Waals surface area contributed by atoms with E-state index < -0.39 is 0 Å². The van der Waals surface area contributed by atoms with Crippen LogP contribution < -0.4 is 10.1 Å². The van der Waals surface area contributed by atoms with E-state index in [1.54, 1.807) is 18.3 Å². The van der Waals surface area contributed by atoms with Gasteiger partial charge in [-0.25, -0.2) is 0 Å². The highest BCUT2D eigenvalue weighted by atomic mass is 16.5. The Kier molecular flexibility index (Phi) is 8.21. The molecule has 3 rings (SSSR count). The molecule has 2 aromatic rings. The van der Waals surface area contributed by atoms with Crippen molar-refractivity contribution in [1.29, 1.82) is 0 Å². The van der Waals surface area contributed by atoms with Gasteiger partial charge in [-0.2, -0.15) is 0 Å². The number of hydrogen-bond donors (Lipinski definition) is 1. The molecule has 1 aliphatic rings. The summed E-state index contributed by atoms with van der Waals surface area (Å²) in [6.07, 6.45) is 7.27. The predicted octanol–water partition coefficient (Wildman–Crippen LogP) is 3.83. The molecule has 6 heteroatoms. The number of carbonyl (C=O) groups excluding carboxylic acids is 2. The molecule has 0 spiro atoms. The first-order chi connectivity index (χ1) is 15.0. The smallest absolute Gasteiger partial charge is 0.244 e. The highest BCUT2D eigenvalue weighted by Crippen LogP contribution is 2.16. The van der Waals surface area contributed by atoms with Crippen LogP contribution in [0.5, 0.6) is 5.75 Å². The molecule has 0 saturated carbocycles. The average molecular weight is 422 g/mol. The molecular formula is C25H31N3O3. The van der Waals surface area contributed by atoms with Crippen LogP contribution in [-0.4, -0.2) is 40.8 Å². The third-order valence-electron chi connectivity index (χ3n) is 5.20. The van der Waals surface area contributed by atoms with Crippen molar-refractivity contribution < 1.29 is 14.3 Å². The van der Waals surface area contributed by atoms with Gasteiger partial charge >= 0.3 is 0 Å². The minimum absolute atomic E-state index is 0.109. The number of aromatic nitrogens is 1. The minimum atomic E-state index is -0.109. The van der Waals surface area contributed by atoms with Crippen molar-refractivity contribution in [1.82, 2.24) is 15.2 Å². The quantitative estimate of drug-likeness (QED) is 0.658. The lowest BCUT2D eigenvalue weighted by Crippen LogP contribution is -2.46. The molecule has 0 atom stereocenters. The van der Waals surface area contributed by atoms with Crippen molar-refractivity contribution in [3.05, 3.63) is 66.0 Å². The Hall–Kier alpha value is -3.15. The van der Waals surface area contributed by atoms with E-state index in [9.17, 15) is 9.59 Å². The number of ether oxygens (including phenoxy) is 1. The van der Waals surface area contributed by atoms with Gasteiger partial charge in [0.25, 0.3) is 0 Å². The van der Waals surface area contributed by atoms with Crippen LogP contribution in [0.1, 0.15) is 44.4 Å². The monoisotopic (exact) mass is 421 g/mol. The molecule has 0 radical (unpaired) electrons. The zero-order valence-electron chi connectivity index (χ0n) is 18.3. The molecule has 0 bridgehead atoms. The Bertz CT molecular complexity index is 871. The molecule has 1 fully saturated rings. The first-order valence-corrected chi connectivity index (χ1v) is 10.9. The first-order valence-electron chi connectivity index (χ1n) is 10.9. The zero-order valence-corrected chi connectivity index (χ0v) is 18.3. The van der Waals surface area contributed by atoms with E-state index in [-0.39, 0.29) is 17.9 Å². The SMILES string of the molecule is CC(C)CC(=O)N1CCC(NC(=O)/C=C/c2ccc(OCc3ccccn3)cc2)CC1. The molecule has 1 N–H and O–H groups in total. The highest BCUT2D eigenvalue weighted by molar-refractivity contribution is 5.91. The van der Waals surface area contributed by atoms with Crippen LogP contribution in [-0.2, 0) is 16.2 Å². The molecule has 1 aromatic carbocycles. The molecule has 31 heavy (non-hydrogen) atoms. The van der Waals surface area contributed by atoms with Crippen molar-refractivity contribution in [3.63, 3.8) is 0 Å². The van der Waals surface area contributed by atoms with Gasteiger partial charge in [-0.3, -0.25) is 14.6 Å². The third kappa shape index (κ3) is 7.55. The largest absolute Gasteiger partial charge is 0.487 e. The summed E-state index contributed by atoms with van der Waals surface area (Å²) in [7, 11) is 0. The van der Waals surface area contributed by atoms with Gasteiger partial charge in [0.1, 0.15) is 12.4 Å². The predicted molar refractivity (Wildman–Crippen MR) is 121 cm³/mol. The van der Waals surface area contributed by atoms with Gasteiger partial charge in [-0.05, 0) is 54.7 Å². The van der Waals surface area contributed by atoms with Crippen LogP contribution in [0.2, 0.25) is 0 Å². The van der Waals surface area contributed by atoms with Crippen LogP contribution >= 0.6 is 0 Å². The van der Waals surface area contributed by atoms with Gasteiger partial charge in [0.2, 0.25) is 11.8 Å². The lowest BCUT2D eigenvalue weighted by Gasteiger charge is -2.32. The van der Waals surface area contributed by atoms with Gasteiger partial charge in [-0.1, -0.05) is 32.0 Å². The number of carbonyl (C=O) groups is 2. The van der Waals surface area contributed by atoms with Crippen molar-refractivity contribution in [2.75, 3.05) is 13.1 Å². The van der Waals surface area contributed by atoms with E-state index in [0.29, 0.717) is 32.0 Å². The lowest BCUT2D eigenvalue weighted by atomic mass is 10.0. The molecular weight excluding hydrogens is 390 g/mol. The second kappa shape index (κ2) is 11.3. The standard InChI is InChI=1S/C25H31N3O3/c1-19(2)17-25(30)28-15-12-21(13-16-28)27-24(29)11-8-20-6-9-23(10-7-20)31-18-22-5-3-4-14-26-22/h3-11,14,19,21H,12-13,15-18H2,1-2H3,(H,27,29)/b11-8+. The van der Waals surface area contributed by atoms with Crippen LogP contribution in [0.4, 0.5) is 0 Å². The van der Waals surface area contributed by atoms with Gasteiger partial charge in [0, 0.05) is 37.8 Å². The second-order valence-electron chi connectivity index (χ2n) is 8.27. The fourth-order valence-corrected chi connectivity index (χ4v) is 3.49. The molecule has 2 amide bonds. The molecule has 1 aliphatic heterocycles. The number of likely N-dealkylation sites (tertiary alicyclic amines) is 1. The number of piperidine rings is 1. The average Bonchev–Trinajstić information content (AvgIpc) is 2.78. The normalized spacial score (nSPS) is 14.7. The van der Waals surface area contributed by atoms with Gasteiger partial charge in [0.05, 0.1) is 5.69 Å². The summed E-state index contributed by atoms with van der Waals surface area (Å²) in [5.74, 6) is 1.23. The second-order valence-corrected chi connectivity index (χ2v) is 8.27. The van der Waals surface area contributed by atoms with Crippen LogP contribution in [0, 0.1) is 5.92 Å². The van der Waals surface area contributed by atoms with Crippen molar-refractivity contribution in [2.45, 2.75) is 45.8 Å². The van der Waals surface area contributed by atoms with Gasteiger partial charge < -0.3 is 15.0 Å². The lowest BCUT2D eigenvalue weighted by molar-refractivity contribution is -0.133. The summed E-state index contributed by atoms with van der Waals surface area (Å²) >= 11 is 0. The van der Waals surface area contributed by atoms with Gasteiger partial charge in [-0.15, -0.1) is 0 Å². The van der Waals surface area contributed by atoms with E-state index in [2.05, 4.69) is 24.1 Å². The molecule has 1 saturated heterocycles. The Balaban J connectivity index is 1.40. The minimum Gasteiger partial charge on any atom is -0.487 e. The summed E-state index contributed by atoms with van der Waals surface area (Å²) < 4.78 is 5.73. The molecule has 2 heterocycles. The van der Waals surface area contributed by atoms with E-state index in [1.807, 2.05) is 47.4 Å². The van der Waals surface area contributed by atoms with E-state index in [4.69, 9.17) is 4.74 Å². The number of amides is 2. The van der Waals surface area contributed by atoms with E-state index >= 15 is 0 Å². The summed E-state index contributed by atoms with van der Waals surface area (Å²) in [6.45, 7) is 5.95. The molecule has 1 aromatic heterocycles. The molecule has 0 aliphatic carbocycles. The number of nitrogens with zero attached hydrogens (tertiary/aromatic N) is 2.